The number of aryl methyl sites for hydroxylation is 1. The summed E-state index contributed by atoms with van der Waals surface area (Å²) in [6, 6.07) is 13.1. The van der Waals surface area contributed by atoms with Gasteiger partial charge < -0.3 is 5.11 Å². The Balaban J connectivity index is 2.34. The van der Waals surface area contributed by atoms with E-state index in [1.54, 1.807) is 19.1 Å². The summed E-state index contributed by atoms with van der Waals surface area (Å²) in [5, 5.41) is 11.0. The van der Waals surface area contributed by atoms with Gasteiger partial charge in [0, 0.05) is 16.0 Å². The molecule has 1 N–H and O–H groups in total. The van der Waals surface area contributed by atoms with Crippen molar-refractivity contribution in [1.82, 2.24) is 4.98 Å². The van der Waals surface area contributed by atoms with Crippen molar-refractivity contribution in [3.05, 3.63) is 64.2 Å². The molecule has 0 saturated carbocycles. The molecule has 23 heavy (non-hydrogen) atoms. The van der Waals surface area contributed by atoms with Crippen molar-refractivity contribution in [3.63, 3.8) is 0 Å². The molecule has 0 bridgehead atoms. The van der Waals surface area contributed by atoms with Gasteiger partial charge in [-0.05, 0) is 48.7 Å². The minimum atomic E-state index is -0.932. The molecule has 0 aliphatic carbocycles. The summed E-state index contributed by atoms with van der Waals surface area (Å²) in [7, 11) is 0. The van der Waals surface area contributed by atoms with Crippen LogP contribution in [0.2, 0.25) is 5.02 Å². The van der Waals surface area contributed by atoms with E-state index >= 15 is 0 Å². The number of aromatic nitrogens is 1. The monoisotopic (exact) mass is 325 g/mol. The van der Waals surface area contributed by atoms with Gasteiger partial charge in [0.05, 0.1) is 16.8 Å². The van der Waals surface area contributed by atoms with Crippen LogP contribution in [0.1, 0.15) is 28.4 Å². The number of carbonyl (C=O) groups is 1. The Labute approximate surface area is 139 Å². The van der Waals surface area contributed by atoms with Crippen molar-refractivity contribution in [3.8, 4) is 11.3 Å². The molecule has 0 aliphatic heterocycles. The number of rotatable bonds is 3. The lowest BCUT2D eigenvalue weighted by atomic mass is 9.96. The molecule has 0 unspecified atom stereocenters. The Hall–Kier alpha value is -2.39. The molecular formula is C19H16ClNO2. The Kier molecular flexibility index (Phi) is 4.05. The summed E-state index contributed by atoms with van der Waals surface area (Å²) in [6.07, 6.45) is 0.854. The summed E-state index contributed by atoms with van der Waals surface area (Å²) < 4.78 is 0. The average molecular weight is 326 g/mol. The van der Waals surface area contributed by atoms with Gasteiger partial charge in [0.15, 0.2) is 0 Å². The number of nitrogens with zero attached hydrogens (tertiary/aromatic N) is 1. The van der Waals surface area contributed by atoms with Crippen LogP contribution in [0.25, 0.3) is 22.2 Å². The van der Waals surface area contributed by atoms with E-state index in [4.69, 9.17) is 11.6 Å². The number of pyridine rings is 1. The largest absolute Gasteiger partial charge is 0.478 e. The zero-order chi connectivity index (χ0) is 16.6. The van der Waals surface area contributed by atoms with Gasteiger partial charge in [-0.25, -0.2) is 9.78 Å². The average Bonchev–Trinajstić information content (AvgIpc) is 2.54. The molecule has 4 heteroatoms. The number of carboxylic acid groups (broad SMARTS) is 1. The molecule has 3 rings (SSSR count). The van der Waals surface area contributed by atoms with Crippen LogP contribution in [0.15, 0.2) is 42.5 Å². The molecular weight excluding hydrogens is 310 g/mol. The molecule has 0 amide bonds. The highest BCUT2D eigenvalue weighted by atomic mass is 35.5. The van der Waals surface area contributed by atoms with Gasteiger partial charge in [-0.2, -0.15) is 0 Å². The topological polar surface area (TPSA) is 50.2 Å². The van der Waals surface area contributed by atoms with E-state index in [1.807, 2.05) is 37.3 Å². The van der Waals surface area contributed by atoms with Gasteiger partial charge in [0.25, 0.3) is 0 Å². The van der Waals surface area contributed by atoms with Crippen LogP contribution >= 0.6 is 11.6 Å². The molecule has 1 heterocycles. The lowest BCUT2D eigenvalue weighted by Crippen LogP contribution is -2.05. The van der Waals surface area contributed by atoms with E-state index in [2.05, 4.69) is 4.98 Å². The first kappa shape index (κ1) is 15.5. The zero-order valence-corrected chi connectivity index (χ0v) is 13.7. The fourth-order valence-electron chi connectivity index (χ4n) is 2.79. The summed E-state index contributed by atoms with van der Waals surface area (Å²) in [4.78, 5) is 16.5. The van der Waals surface area contributed by atoms with Crippen LogP contribution in [0.3, 0.4) is 0 Å². The van der Waals surface area contributed by atoms with Crippen molar-refractivity contribution < 1.29 is 9.90 Å². The normalized spacial score (nSPS) is 10.9. The summed E-state index contributed by atoms with van der Waals surface area (Å²) in [5.41, 5.74) is 4.30. The van der Waals surface area contributed by atoms with E-state index in [0.29, 0.717) is 32.7 Å². The molecule has 3 nitrogen and oxygen atoms in total. The predicted molar refractivity (Wildman–Crippen MR) is 93.3 cm³/mol. The lowest BCUT2D eigenvalue weighted by Gasteiger charge is -2.13. The number of benzene rings is 2. The molecule has 0 atom stereocenters. The molecule has 0 fully saturated rings. The number of halogens is 1. The van der Waals surface area contributed by atoms with Crippen LogP contribution in [-0.4, -0.2) is 16.1 Å². The third-order valence-corrected chi connectivity index (χ3v) is 4.28. The van der Waals surface area contributed by atoms with E-state index in [9.17, 15) is 9.90 Å². The highest BCUT2D eigenvalue weighted by Gasteiger charge is 2.18. The van der Waals surface area contributed by atoms with Crippen LogP contribution < -0.4 is 0 Å². The van der Waals surface area contributed by atoms with Gasteiger partial charge >= 0.3 is 5.97 Å². The number of carboxylic acids is 1. The minimum Gasteiger partial charge on any atom is -0.478 e. The Morgan fingerprint density at radius 2 is 1.87 bits per heavy atom. The van der Waals surface area contributed by atoms with Gasteiger partial charge in [-0.1, -0.05) is 36.7 Å². The number of fused-ring (bicyclic) bond motifs is 1. The van der Waals surface area contributed by atoms with Crippen molar-refractivity contribution in [1.29, 1.82) is 0 Å². The van der Waals surface area contributed by atoms with Crippen LogP contribution in [0.4, 0.5) is 0 Å². The van der Waals surface area contributed by atoms with Crippen molar-refractivity contribution in [2.24, 2.45) is 0 Å². The lowest BCUT2D eigenvalue weighted by molar-refractivity contribution is 0.0698. The molecule has 2 aromatic carbocycles. The highest BCUT2D eigenvalue weighted by molar-refractivity contribution is 6.30. The second-order valence-corrected chi connectivity index (χ2v) is 5.91. The molecule has 0 radical (unpaired) electrons. The van der Waals surface area contributed by atoms with E-state index in [1.165, 1.54) is 0 Å². The first-order valence-corrected chi connectivity index (χ1v) is 7.81. The predicted octanol–water partition coefficient (Wildman–Crippen LogP) is 5.12. The maximum absolute atomic E-state index is 11.8. The van der Waals surface area contributed by atoms with Crippen molar-refractivity contribution >= 4 is 28.5 Å². The van der Waals surface area contributed by atoms with Gasteiger partial charge in [-0.3, -0.25) is 0 Å². The van der Waals surface area contributed by atoms with Gasteiger partial charge in [-0.15, -0.1) is 0 Å². The Morgan fingerprint density at radius 1 is 1.17 bits per heavy atom. The number of hydrogen-bond acceptors (Lipinski definition) is 2. The zero-order valence-electron chi connectivity index (χ0n) is 12.9. The number of hydrogen-bond donors (Lipinski definition) is 1. The quantitative estimate of drug-likeness (QED) is 0.726. The maximum Gasteiger partial charge on any atom is 0.336 e. The molecule has 0 spiro atoms. The smallest absolute Gasteiger partial charge is 0.336 e. The third-order valence-electron chi connectivity index (χ3n) is 4.03. The second kappa shape index (κ2) is 6.01. The molecule has 116 valence electrons. The van der Waals surface area contributed by atoms with E-state index in [0.717, 1.165) is 17.5 Å². The van der Waals surface area contributed by atoms with Gasteiger partial charge in [0.2, 0.25) is 0 Å². The van der Waals surface area contributed by atoms with E-state index < -0.39 is 5.97 Å². The fraction of sp³-hybridized carbons (Fsp3) is 0.158. The summed E-state index contributed by atoms with van der Waals surface area (Å²) in [5.74, 6) is -0.932. The molecule has 0 aliphatic rings. The van der Waals surface area contributed by atoms with Crippen LogP contribution in [0.5, 0.6) is 0 Å². The summed E-state index contributed by atoms with van der Waals surface area (Å²) >= 11 is 5.93. The molecule has 1 aromatic heterocycles. The Morgan fingerprint density at radius 3 is 2.48 bits per heavy atom. The first-order chi connectivity index (χ1) is 11.0. The highest BCUT2D eigenvalue weighted by Crippen LogP contribution is 2.31. The Bertz CT molecular complexity index is 901. The summed E-state index contributed by atoms with van der Waals surface area (Å²) in [6.45, 7) is 3.85. The third kappa shape index (κ3) is 2.80. The fourth-order valence-corrected chi connectivity index (χ4v) is 2.92. The maximum atomic E-state index is 11.8. The standard InChI is InChI=1S/C19H16ClNO2/c1-3-12-4-9-16-15(10-12)17(19(22)23)11(2)18(21-16)13-5-7-14(20)8-6-13/h4-10H,3H2,1-2H3,(H,22,23). The molecule has 3 aromatic rings. The van der Waals surface area contributed by atoms with Crippen molar-refractivity contribution in [2.45, 2.75) is 20.3 Å². The van der Waals surface area contributed by atoms with Crippen molar-refractivity contribution in [2.75, 3.05) is 0 Å². The van der Waals surface area contributed by atoms with Crippen LogP contribution in [0, 0.1) is 6.92 Å². The SMILES string of the molecule is CCc1ccc2nc(-c3ccc(Cl)cc3)c(C)c(C(=O)O)c2c1. The van der Waals surface area contributed by atoms with Gasteiger partial charge in [0.1, 0.15) is 0 Å². The number of aromatic carboxylic acids is 1. The minimum absolute atomic E-state index is 0.315. The first-order valence-electron chi connectivity index (χ1n) is 7.43. The van der Waals surface area contributed by atoms with E-state index in [-0.39, 0.29) is 0 Å². The van der Waals surface area contributed by atoms with Crippen LogP contribution in [-0.2, 0) is 6.42 Å². The second-order valence-electron chi connectivity index (χ2n) is 5.48. The molecule has 0 saturated heterocycles.